The fourth-order valence-electron chi connectivity index (χ4n) is 3.04. The molecule has 1 aliphatic heterocycles. The Bertz CT molecular complexity index is 221. The molecule has 0 radical (unpaired) electrons. The predicted molar refractivity (Wildman–Crippen MR) is 58.7 cm³/mol. The van der Waals surface area contributed by atoms with Crippen molar-refractivity contribution in [1.82, 2.24) is 0 Å². The molecule has 4 heteroatoms. The van der Waals surface area contributed by atoms with Crippen molar-refractivity contribution in [3.63, 3.8) is 0 Å². The van der Waals surface area contributed by atoms with Gasteiger partial charge in [-0.05, 0) is 12.8 Å². The topological polar surface area (TPSA) is 69.9 Å². The molecule has 1 aliphatic carbocycles. The van der Waals surface area contributed by atoms with Gasteiger partial charge in [-0.15, -0.1) is 0 Å². The molecule has 2 bridgehead atoms. The zero-order valence-electron chi connectivity index (χ0n) is 9.59. The number of hydrogen-bond donors (Lipinski definition) is 3. The summed E-state index contributed by atoms with van der Waals surface area (Å²) >= 11 is 0. The average molecular weight is 230 g/mol. The fourth-order valence-corrected chi connectivity index (χ4v) is 3.04. The maximum absolute atomic E-state index is 9.99. The molecule has 2 fully saturated rings. The quantitative estimate of drug-likeness (QED) is 0.618. The molecular weight excluding hydrogens is 208 g/mol. The third-order valence-corrected chi connectivity index (χ3v) is 4.01. The van der Waals surface area contributed by atoms with E-state index in [1.165, 1.54) is 0 Å². The Balaban J connectivity index is 2.10. The summed E-state index contributed by atoms with van der Waals surface area (Å²) in [5, 5.41) is 29.2. The van der Waals surface area contributed by atoms with E-state index in [1.54, 1.807) is 0 Å². The van der Waals surface area contributed by atoms with Crippen LogP contribution in [0.5, 0.6) is 0 Å². The zero-order valence-corrected chi connectivity index (χ0v) is 9.59. The lowest BCUT2D eigenvalue weighted by Crippen LogP contribution is -2.35. The van der Waals surface area contributed by atoms with E-state index in [1.807, 2.05) is 0 Å². The van der Waals surface area contributed by atoms with Crippen molar-refractivity contribution in [1.29, 1.82) is 0 Å². The number of rotatable bonds is 1. The molecule has 1 heterocycles. The molecule has 2 aliphatic rings. The molecule has 16 heavy (non-hydrogen) atoms. The lowest BCUT2D eigenvalue weighted by Gasteiger charge is -2.25. The Hall–Kier alpha value is -0.160. The van der Waals surface area contributed by atoms with Crippen LogP contribution in [0.15, 0.2) is 0 Å². The van der Waals surface area contributed by atoms with E-state index in [0.29, 0.717) is 6.42 Å². The van der Waals surface area contributed by atoms with Gasteiger partial charge in [0.25, 0.3) is 0 Å². The van der Waals surface area contributed by atoms with Crippen molar-refractivity contribution in [2.45, 2.75) is 57.0 Å². The van der Waals surface area contributed by atoms with Crippen LogP contribution in [0.4, 0.5) is 0 Å². The summed E-state index contributed by atoms with van der Waals surface area (Å²) in [4.78, 5) is 0. The third-order valence-electron chi connectivity index (χ3n) is 4.01. The van der Waals surface area contributed by atoms with Crippen LogP contribution in [0.3, 0.4) is 0 Å². The molecule has 0 aromatic rings. The van der Waals surface area contributed by atoms with Crippen molar-refractivity contribution in [3.05, 3.63) is 0 Å². The summed E-state index contributed by atoms with van der Waals surface area (Å²) in [7, 11) is 0. The summed E-state index contributed by atoms with van der Waals surface area (Å²) in [6, 6.07) is 0. The highest BCUT2D eigenvalue weighted by Gasteiger charge is 2.45. The minimum Gasteiger partial charge on any atom is -0.396 e. The maximum Gasteiger partial charge on any atom is 0.158 e. The van der Waals surface area contributed by atoms with Crippen LogP contribution in [0.2, 0.25) is 0 Å². The van der Waals surface area contributed by atoms with Crippen molar-refractivity contribution in [3.8, 4) is 0 Å². The van der Waals surface area contributed by atoms with Gasteiger partial charge in [0.1, 0.15) is 0 Å². The van der Waals surface area contributed by atoms with E-state index in [2.05, 4.69) is 0 Å². The highest BCUT2D eigenvalue weighted by atomic mass is 16.6. The largest absolute Gasteiger partial charge is 0.396 e. The summed E-state index contributed by atoms with van der Waals surface area (Å²) < 4.78 is 5.42. The van der Waals surface area contributed by atoms with Crippen LogP contribution in [0.25, 0.3) is 0 Å². The fraction of sp³-hybridized carbons (Fsp3) is 1.00. The minimum atomic E-state index is -0.810. The molecule has 0 spiro atoms. The Morgan fingerprint density at radius 3 is 2.38 bits per heavy atom. The van der Waals surface area contributed by atoms with Gasteiger partial charge in [-0.2, -0.15) is 0 Å². The summed E-state index contributed by atoms with van der Waals surface area (Å²) in [5.74, 6) is -0.120. The molecular formula is C12H22O4. The normalized spacial score (nSPS) is 45.6. The van der Waals surface area contributed by atoms with Crippen molar-refractivity contribution >= 4 is 0 Å². The molecule has 1 saturated carbocycles. The highest BCUT2D eigenvalue weighted by molar-refractivity contribution is 4.90. The van der Waals surface area contributed by atoms with E-state index >= 15 is 0 Å². The highest BCUT2D eigenvalue weighted by Crippen LogP contribution is 2.38. The first kappa shape index (κ1) is 12.3. The molecule has 0 aromatic carbocycles. The standard InChI is InChI=1S/C12H22O4/c13-7-9-8-5-3-1-2-4-6-10(14)11(9)16-12(8)15/h8-15H,1-7H2/t8-,9-,10-,11-,12-/m0/s1. The summed E-state index contributed by atoms with van der Waals surface area (Å²) in [6.07, 6.45) is 4.20. The molecule has 1 saturated heterocycles. The minimum absolute atomic E-state index is 0.0105. The van der Waals surface area contributed by atoms with E-state index in [0.717, 1.165) is 32.1 Å². The number of ether oxygens (including phenoxy) is 1. The van der Waals surface area contributed by atoms with Gasteiger partial charge in [0.2, 0.25) is 0 Å². The molecule has 0 unspecified atom stereocenters. The first-order valence-electron chi connectivity index (χ1n) is 6.36. The van der Waals surface area contributed by atoms with E-state index in [9.17, 15) is 15.3 Å². The molecule has 5 atom stereocenters. The van der Waals surface area contributed by atoms with Gasteiger partial charge in [-0.3, -0.25) is 0 Å². The van der Waals surface area contributed by atoms with Gasteiger partial charge < -0.3 is 20.1 Å². The zero-order chi connectivity index (χ0) is 11.5. The monoisotopic (exact) mass is 230 g/mol. The van der Waals surface area contributed by atoms with Gasteiger partial charge in [0.05, 0.1) is 12.2 Å². The predicted octanol–water partition coefficient (Wildman–Crippen LogP) is 0.643. The van der Waals surface area contributed by atoms with Gasteiger partial charge in [-0.25, -0.2) is 0 Å². The van der Waals surface area contributed by atoms with Crippen molar-refractivity contribution in [2.24, 2.45) is 11.8 Å². The van der Waals surface area contributed by atoms with Gasteiger partial charge >= 0.3 is 0 Å². The van der Waals surface area contributed by atoms with E-state index in [4.69, 9.17) is 4.74 Å². The van der Waals surface area contributed by atoms with Crippen LogP contribution >= 0.6 is 0 Å². The second-order valence-electron chi connectivity index (χ2n) is 5.06. The molecule has 3 N–H and O–H groups in total. The Morgan fingerprint density at radius 2 is 1.69 bits per heavy atom. The van der Waals surface area contributed by atoms with Crippen molar-refractivity contribution in [2.75, 3.05) is 6.61 Å². The van der Waals surface area contributed by atoms with Crippen molar-refractivity contribution < 1.29 is 20.1 Å². The second-order valence-corrected chi connectivity index (χ2v) is 5.06. The van der Waals surface area contributed by atoms with Crippen LogP contribution in [0, 0.1) is 11.8 Å². The first-order valence-corrected chi connectivity index (χ1v) is 6.36. The molecule has 4 nitrogen and oxygen atoms in total. The van der Waals surface area contributed by atoms with Crippen LogP contribution < -0.4 is 0 Å². The average Bonchev–Trinajstić information content (AvgIpc) is 2.58. The third kappa shape index (κ3) is 2.40. The number of aliphatic hydroxyl groups is 3. The lowest BCUT2D eigenvalue weighted by molar-refractivity contribution is -0.135. The van der Waals surface area contributed by atoms with Gasteiger partial charge in [-0.1, -0.05) is 25.7 Å². The Labute approximate surface area is 96.2 Å². The van der Waals surface area contributed by atoms with Gasteiger partial charge in [0.15, 0.2) is 6.29 Å². The van der Waals surface area contributed by atoms with E-state index in [-0.39, 0.29) is 24.5 Å². The molecule has 2 rings (SSSR count). The summed E-state index contributed by atoms with van der Waals surface area (Å²) in [5.41, 5.74) is 0. The Kier molecular flexibility index (Phi) is 4.19. The SMILES string of the molecule is OC[C@H]1[C@@H]2CCCCCC[C@H](O)[C@H]1O[C@@H]2O. The summed E-state index contributed by atoms with van der Waals surface area (Å²) in [6.45, 7) is -0.0105. The first-order chi connectivity index (χ1) is 7.74. The maximum atomic E-state index is 9.99. The number of hydrogen-bond acceptors (Lipinski definition) is 4. The van der Waals surface area contributed by atoms with Crippen LogP contribution in [-0.4, -0.2) is 40.4 Å². The number of fused-ring (bicyclic) bond motifs is 2. The molecule has 0 aromatic heterocycles. The van der Waals surface area contributed by atoms with Crippen LogP contribution in [-0.2, 0) is 4.74 Å². The van der Waals surface area contributed by atoms with Gasteiger partial charge in [0, 0.05) is 18.4 Å². The molecule has 94 valence electrons. The second kappa shape index (κ2) is 5.45. The molecule has 0 amide bonds. The Morgan fingerprint density at radius 1 is 1.00 bits per heavy atom. The van der Waals surface area contributed by atoms with Crippen LogP contribution in [0.1, 0.15) is 38.5 Å². The van der Waals surface area contributed by atoms with E-state index < -0.39 is 12.4 Å². The smallest absolute Gasteiger partial charge is 0.158 e. The lowest BCUT2D eigenvalue weighted by atomic mass is 9.82. The number of aliphatic hydroxyl groups excluding tert-OH is 3.